The standard InChI is InChI=1S/C17H23F3N4O2/c1-21-5-6-24(11-25)10-12-3-4-14-15(7-12)23-16(22-14)8-13(26-2)9-17(18,19)20/h3-4,7,11,13,21H,5-6,8-10H2,1-2H3,(H,22,23). The van der Waals surface area contributed by atoms with E-state index in [2.05, 4.69) is 15.3 Å². The van der Waals surface area contributed by atoms with E-state index in [0.29, 0.717) is 31.0 Å². The molecule has 6 nitrogen and oxygen atoms in total. The van der Waals surface area contributed by atoms with Crippen molar-refractivity contribution in [1.82, 2.24) is 20.2 Å². The first-order valence-electron chi connectivity index (χ1n) is 8.25. The molecule has 144 valence electrons. The first-order chi connectivity index (χ1) is 12.3. The number of benzene rings is 1. The number of H-pyrrole nitrogens is 1. The van der Waals surface area contributed by atoms with Gasteiger partial charge in [0.25, 0.3) is 0 Å². The number of hydrogen-bond acceptors (Lipinski definition) is 4. The number of imidazole rings is 1. The van der Waals surface area contributed by atoms with E-state index in [0.717, 1.165) is 17.5 Å². The number of alkyl halides is 3. The van der Waals surface area contributed by atoms with Gasteiger partial charge in [-0.3, -0.25) is 4.79 Å². The summed E-state index contributed by atoms with van der Waals surface area (Å²) in [6.45, 7) is 1.72. The molecule has 1 amide bonds. The minimum atomic E-state index is -4.29. The van der Waals surface area contributed by atoms with E-state index < -0.39 is 18.7 Å². The van der Waals surface area contributed by atoms with E-state index in [1.54, 1.807) is 11.0 Å². The molecule has 1 aromatic heterocycles. The van der Waals surface area contributed by atoms with Gasteiger partial charge in [0.15, 0.2) is 0 Å². The quantitative estimate of drug-likeness (QED) is 0.628. The molecule has 0 aliphatic carbocycles. The molecule has 1 aromatic carbocycles. The monoisotopic (exact) mass is 372 g/mol. The minimum absolute atomic E-state index is 0.0443. The summed E-state index contributed by atoms with van der Waals surface area (Å²) in [5.74, 6) is 0.440. The number of hydrogen-bond donors (Lipinski definition) is 2. The maximum Gasteiger partial charge on any atom is 0.391 e. The second kappa shape index (κ2) is 9.00. The lowest BCUT2D eigenvalue weighted by molar-refractivity contribution is -0.157. The number of carbonyl (C=O) groups excluding carboxylic acids is 1. The lowest BCUT2D eigenvalue weighted by Gasteiger charge is -2.17. The van der Waals surface area contributed by atoms with Crippen LogP contribution in [0.5, 0.6) is 0 Å². The fraction of sp³-hybridized carbons (Fsp3) is 0.529. The summed E-state index contributed by atoms with van der Waals surface area (Å²) < 4.78 is 42.6. The van der Waals surface area contributed by atoms with Gasteiger partial charge in [0.1, 0.15) is 5.82 Å². The summed E-state index contributed by atoms with van der Waals surface area (Å²) in [7, 11) is 3.07. The molecule has 0 fully saturated rings. The lowest BCUT2D eigenvalue weighted by atomic mass is 10.2. The zero-order valence-electron chi connectivity index (χ0n) is 14.8. The Kier molecular flexibility index (Phi) is 6.98. The Balaban J connectivity index is 2.09. The van der Waals surface area contributed by atoms with Gasteiger partial charge < -0.3 is 19.9 Å². The Bertz CT molecular complexity index is 718. The fourth-order valence-electron chi connectivity index (χ4n) is 2.68. The first-order valence-corrected chi connectivity index (χ1v) is 8.25. The highest BCUT2D eigenvalue weighted by Gasteiger charge is 2.32. The van der Waals surface area contributed by atoms with Crippen molar-refractivity contribution in [3.63, 3.8) is 0 Å². The van der Waals surface area contributed by atoms with E-state index in [1.807, 2.05) is 19.2 Å². The van der Waals surface area contributed by atoms with Crippen LogP contribution in [0.3, 0.4) is 0 Å². The van der Waals surface area contributed by atoms with Crippen molar-refractivity contribution in [1.29, 1.82) is 0 Å². The summed E-state index contributed by atoms with van der Waals surface area (Å²) in [5, 5.41) is 2.98. The third-order valence-electron chi connectivity index (χ3n) is 3.99. The zero-order chi connectivity index (χ0) is 19.2. The predicted molar refractivity (Wildman–Crippen MR) is 91.7 cm³/mol. The van der Waals surface area contributed by atoms with E-state index in [9.17, 15) is 18.0 Å². The number of fused-ring (bicyclic) bond motifs is 1. The molecule has 1 unspecified atom stereocenters. The largest absolute Gasteiger partial charge is 0.391 e. The van der Waals surface area contributed by atoms with Gasteiger partial charge in [-0.05, 0) is 24.7 Å². The molecule has 2 N–H and O–H groups in total. The van der Waals surface area contributed by atoms with Crippen LogP contribution in [0.2, 0.25) is 0 Å². The second-order valence-corrected chi connectivity index (χ2v) is 6.10. The highest BCUT2D eigenvalue weighted by molar-refractivity contribution is 5.76. The molecular formula is C17H23F3N4O2. The molecule has 1 atom stereocenters. The number of halogens is 3. The molecule has 26 heavy (non-hydrogen) atoms. The van der Waals surface area contributed by atoms with E-state index >= 15 is 0 Å². The molecule has 0 saturated carbocycles. The molecule has 0 saturated heterocycles. The molecule has 0 bridgehead atoms. The number of amides is 1. The number of aromatic amines is 1. The number of nitrogens with one attached hydrogen (secondary N) is 2. The average molecular weight is 372 g/mol. The van der Waals surface area contributed by atoms with Gasteiger partial charge in [-0.2, -0.15) is 13.2 Å². The summed E-state index contributed by atoms with van der Waals surface area (Å²) in [4.78, 5) is 20.1. The van der Waals surface area contributed by atoms with Gasteiger partial charge in [0.2, 0.25) is 6.41 Å². The predicted octanol–water partition coefficient (Wildman–Crippen LogP) is 2.25. The minimum Gasteiger partial charge on any atom is -0.381 e. The smallest absolute Gasteiger partial charge is 0.381 e. The number of aromatic nitrogens is 2. The van der Waals surface area contributed by atoms with Crippen LogP contribution in [-0.4, -0.2) is 60.8 Å². The molecule has 0 radical (unpaired) electrons. The van der Waals surface area contributed by atoms with Crippen LogP contribution in [0.15, 0.2) is 18.2 Å². The number of rotatable bonds is 10. The van der Waals surface area contributed by atoms with Crippen LogP contribution in [0.25, 0.3) is 11.0 Å². The van der Waals surface area contributed by atoms with E-state index in [4.69, 9.17) is 4.74 Å². The zero-order valence-corrected chi connectivity index (χ0v) is 14.8. The van der Waals surface area contributed by atoms with Crippen molar-refractivity contribution >= 4 is 17.4 Å². The van der Waals surface area contributed by atoms with Crippen molar-refractivity contribution in [3.8, 4) is 0 Å². The van der Waals surface area contributed by atoms with Gasteiger partial charge in [-0.15, -0.1) is 0 Å². The van der Waals surface area contributed by atoms with Crippen molar-refractivity contribution < 1.29 is 22.7 Å². The molecule has 1 heterocycles. The molecule has 0 spiro atoms. The van der Waals surface area contributed by atoms with Crippen molar-refractivity contribution in [2.75, 3.05) is 27.2 Å². The SMILES string of the molecule is CNCCN(C=O)Cc1ccc2nc(CC(CC(F)(F)F)OC)[nH]c2c1. The van der Waals surface area contributed by atoms with Gasteiger partial charge in [-0.1, -0.05) is 6.07 Å². The molecular weight excluding hydrogens is 349 g/mol. The van der Waals surface area contributed by atoms with Crippen molar-refractivity contribution in [3.05, 3.63) is 29.6 Å². The molecule has 2 aromatic rings. The fourth-order valence-corrected chi connectivity index (χ4v) is 2.68. The normalized spacial score (nSPS) is 13.1. The first kappa shape index (κ1) is 20.2. The summed E-state index contributed by atoms with van der Waals surface area (Å²) in [6, 6.07) is 5.50. The van der Waals surface area contributed by atoms with E-state index in [1.165, 1.54) is 7.11 Å². The third-order valence-corrected chi connectivity index (χ3v) is 3.99. The second-order valence-electron chi connectivity index (χ2n) is 6.10. The van der Waals surface area contributed by atoms with Crippen LogP contribution in [0, 0.1) is 0 Å². The van der Waals surface area contributed by atoms with Crippen LogP contribution in [0.4, 0.5) is 13.2 Å². The van der Waals surface area contributed by atoms with Gasteiger partial charge in [0, 0.05) is 33.2 Å². The van der Waals surface area contributed by atoms with Crippen LogP contribution < -0.4 is 5.32 Å². The number of methoxy groups -OCH3 is 1. The highest BCUT2D eigenvalue weighted by atomic mass is 19.4. The molecule has 2 rings (SSSR count). The Morgan fingerprint density at radius 3 is 2.81 bits per heavy atom. The topological polar surface area (TPSA) is 70.2 Å². The van der Waals surface area contributed by atoms with Crippen LogP contribution >= 0.6 is 0 Å². The maximum atomic E-state index is 12.5. The molecule has 9 heteroatoms. The van der Waals surface area contributed by atoms with Gasteiger partial charge >= 0.3 is 6.18 Å². The van der Waals surface area contributed by atoms with Crippen molar-refractivity contribution in [2.24, 2.45) is 0 Å². The van der Waals surface area contributed by atoms with E-state index in [-0.39, 0.29) is 6.42 Å². The summed E-state index contributed by atoms with van der Waals surface area (Å²) >= 11 is 0. The number of ether oxygens (including phenoxy) is 1. The lowest BCUT2D eigenvalue weighted by Crippen LogP contribution is -2.29. The number of nitrogens with zero attached hydrogens (tertiary/aromatic N) is 2. The summed E-state index contributed by atoms with van der Waals surface area (Å²) in [6.07, 6.45) is -5.46. The molecule has 0 aliphatic heterocycles. The molecule has 0 aliphatic rings. The Labute approximate surface area is 149 Å². The van der Waals surface area contributed by atoms with Gasteiger partial charge in [-0.25, -0.2) is 4.98 Å². The Morgan fingerprint density at radius 2 is 2.19 bits per heavy atom. The third kappa shape index (κ3) is 5.99. The van der Waals surface area contributed by atoms with Crippen LogP contribution in [0.1, 0.15) is 17.8 Å². The van der Waals surface area contributed by atoms with Crippen molar-refractivity contribution in [2.45, 2.75) is 31.7 Å². The van der Waals surface area contributed by atoms with Gasteiger partial charge in [0.05, 0.1) is 23.6 Å². The average Bonchev–Trinajstić information content (AvgIpc) is 2.98. The maximum absolute atomic E-state index is 12.5. The van der Waals surface area contributed by atoms with Crippen LogP contribution in [-0.2, 0) is 22.5 Å². The highest BCUT2D eigenvalue weighted by Crippen LogP contribution is 2.25. The summed E-state index contributed by atoms with van der Waals surface area (Å²) in [5.41, 5.74) is 2.30. The number of carbonyl (C=O) groups is 1. The Hall–Kier alpha value is -2.13. The Morgan fingerprint density at radius 1 is 1.42 bits per heavy atom. The number of likely N-dealkylation sites (N-methyl/N-ethyl adjacent to an activating group) is 1.